The van der Waals surface area contributed by atoms with Gasteiger partial charge in [0, 0.05) is 11.8 Å². The molecule has 18 heavy (non-hydrogen) atoms. The van der Waals surface area contributed by atoms with Crippen LogP contribution in [0.15, 0.2) is 29.7 Å². The Bertz CT molecular complexity index is 547. The van der Waals surface area contributed by atoms with E-state index in [1.165, 1.54) is 12.4 Å². The highest BCUT2D eigenvalue weighted by molar-refractivity contribution is 7.99. The first-order valence-corrected chi connectivity index (χ1v) is 5.87. The summed E-state index contributed by atoms with van der Waals surface area (Å²) in [6.07, 6.45) is 1.33. The Labute approximate surface area is 105 Å². The van der Waals surface area contributed by atoms with Gasteiger partial charge in [-0.1, -0.05) is 11.8 Å². The second-order valence-corrected chi connectivity index (χ2v) is 4.22. The van der Waals surface area contributed by atoms with Crippen molar-refractivity contribution in [3.63, 3.8) is 0 Å². The van der Waals surface area contributed by atoms with Crippen LogP contribution in [0.4, 0.5) is 14.5 Å². The first kappa shape index (κ1) is 12.5. The van der Waals surface area contributed by atoms with Crippen molar-refractivity contribution in [2.24, 2.45) is 0 Å². The lowest BCUT2D eigenvalue weighted by molar-refractivity contribution is -0.113. The maximum absolute atomic E-state index is 12.9. The van der Waals surface area contributed by atoms with Crippen molar-refractivity contribution in [2.45, 2.75) is 5.16 Å². The molecule has 5 nitrogen and oxygen atoms in total. The van der Waals surface area contributed by atoms with Crippen LogP contribution in [-0.4, -0.2) is 26.8 Å². The standard InChI is InChI=1S/C10H8F2N4OS/c11-7-2-1-6(3-8(7)12)15-9(17)4-18-10-13-5-14-16-10/h1-3,5H,4H2,(H,15,17)(H,13,14,16). The Balaban J connectivity index is 1.88. The molecule has 0 aliphatic heterocycles. The van der Waals surface area contributed by atoms with E-state index in [0.29, 0.717) is 5.16 Å². The molecule has 0 aliphatic rings. The van der Waals surface area contributed by atoms with E-state index in [1.807, 2.05) is 0 Å². The number of carbonyl (C=O) groups excluding carboxylic acids is 1. The summed E-state index contributed by atoms with van der Waals surface area (Å²) < 4.78 is 25.5. The summed E-state index contributed by atoms with van der Waals surface area (Å²) in [5, 5.41) is 9.16. The number of halogens is 2. The summed E-state index contributed by atoms with van der Waals surface area (Å²) in [6.45, 7) is 0. The molecule has 0 saturated heterocycles. The van der Waals surface area contributed by atoms with Crippen molar-refractivity contribution in [1.29, 1.82) is 0 Å². The van der Waals surface area contributed by atoms with E-state index in [0.717, 1.165) is 23.9 Å². The number of nitrogens with zero attached hydrogens (tertiary/aromatic N) is 2. The fourth-order valence-corrected chi connectivity index (χ4v) is 1.75. The van der Waals surface area contributed by atoms with Gasteiger partial charge >= 0.3 is 0 Å². The van der Waals surface area contributed by atoms with E-state index in [2.05, 4.69) is 20.5 Å². The number of carbonyl (C=O) groups is 1. The van der Waals surface area contributed by atoms with Crippen molar-refractivity contribution in [3.8, 4) is 0 Å². The van der Waals surface area contributed by atoms with Gasteiger partial charge in [-0.2, -0.15) is 5.10 Å². The van der Waals surface area contributed by atoms with E-state index in [9.17, 15) is 13.6 Å². The second kappa shape index (κ2) is 5.58. The number of amides is 1. The zero-order valence-corrected chi connectivity index (χ0v) is 9.80. The minimum Gasteiger partial charge on any atom is -0.325 e. The van der Waals surface area contributed by atoms with Gasteiger partial charge in [0.2, 0.25) is 5.91 Å². The highest BCUT2D eigenvalue weighted by Gasteiger charge is 2.07. The Kier molecular flexibility index (Phi) is 3.88. The van der Waals surface area contributed by atoms with Gasteiger partial charge in [0.15, 0.2) is 16.8 Å². The Morgan fingerprint density at radius 3 is 2.89 bits per heavy atom. The third-order valence-corrected chi connectivity index (χ3v) is 2.81. The van der Waals surface area contributed by atoms with Crippen molar-refractivity contribution in [1.82, 2.24) is 15.2 Å². The smallest absolute Gasteiger partial charge is 0.234 e. The predicted octanol–water partition coefficient (Wildman–Crippen LogP) is 1.81. The topological polar surface area (TPSA) is 70.7 Å². The normalized spacial score (nSPS) is 10.3. The van der Waals surface area contributed by atoms with E-state index < -0.39 is 11.6 Å². The summed E-state index contributed by atoms with van der Waals surface area (Å²) in [5.41, 5.74) is 0.206. The average Bonchev–Trinajstić information content (AvgIpc) is 2.84. The van der Waals surface area contributed by atoms with Crippen molar-refractivity contribution in [2.75, 3.05) is 11.1 Å². The zero-order chi connectivity index (χ0) is 13.0. The van der Waals surface area contributed by atoms with Crippen LogP contribution in [0.5, 0.6) is 0 Å². The fraction of sp³-hybridized carbons (Fsp3) is 0.100. The molecule has 94 valence electrons. The molecule has 0 bridgehead atoms. The highest BCUT2D eigenvalue weighted by Crippen LogP contribution is 2.15. The molecule has 0 fully saturated rings. The van der Waals surface area contributed by atoms with Crippen LogP contribution in [0.25, 0.3) is 0 Å². The molecule has 2 rings (SSSR count). The number of anilines is 1. The third-order valence-electron chi connectivity index (χ3n) is 1.94. The molecule has 0 unspecified atom stereocenters. The Morgan fingerprint density at radius 2 is 2.22 bits per heavy atom. The number of rotatable bonds is 4. The monoisotopic (exact) mass is 270 g/mol. The Morgan fingerprint density at radius 1 is 1.39 bits per heavy atom. The van der Waals surface area contributed by atoms with Crippen molar-refractivity contribution >= 4 is 23.4 Å². The van der Waals surface area contributed by atoms with Crippen molar-refractivity contribution < 1.29 is 13.6 Å². The van der Waals surface area contributed by atoms with Crippen LogP contribution in [0.2, 0.25) is 0 Å². The van der Waals surface area contributed by atoms with Crippen LogP contribution in [0.3, 0.4) is 0 Å². The molecule has 0 aliphatic carbocycles. The molecule has 0 atom stereocenters. The lowest BCUT2D eigenvalue weighted by atomic mass is 10.3. The molecule has 0 spiro atoms. The number of hydrogen-bond acceptors (Lipinski definition) is 4. The number of aromatic amines is 1. The summed E-state index contributed by atoms with van der Waals surface area (Å²) in [5.74, 6) is -2.21. The first-order valence-electron chi connectivity index (χ1n) is 4.88. The minimum atomic E-state index is -1.00. The number of aromatic nitrogens is 3. The number of H-pyrrole nitrogens is 1. The molecule has 2 N–H and O–H groups in total. The minimum absolute atomic E-state index is 0.0915. The van der Waals surface area contributed by atoms with Crippen molar-refractivity contribution in [3.05, 3.63) is 36.2 Å². The van der Waals surface area contributed by atoms with Gasteiger partial charge in [0.05, 0.1) is 5.75 Å². The molecular formula is C10H8F2N4OS. The van der Waals surface area contributed by atoms with E-state index >= 15 is 0 Å². The van der Waals surface area contributed by atoms with Gasteiger partial charge in [0.25, 0.3) is 0 Å². The summed E-state index contributed by atoms with van der Waals surface area (Å²) in [6, 6.07) is 3.16. The molecule has 1 aromatic carbocycles. The van der Waals surface area contributed by atoms with Gasteiger partial charge in [-0.3, -0.25) is 9.89 Å². The molecular weight excluding hydrogens is 262 g/mol. The molecule has 2 aromatic rings. The first-order chi connectivity index (χ1) is 8.65. The number of benzene rings is 1. The fourth-order valence-electron chi connectivity index (χ4n) is 1.17. The summed E-state index contributed by atoms with van der Waals surface area (Å²) >= 11 is 1.15. The van der Waals surface area contributed by atoms with Crippen LogP contribution < -0.4 is 5.32 Å². The predicted molar refractivity (Wildman–Crippen MR) is 62.1 cm³/mol. The highest BCUT2D eigenvalue weighted by atomic mass is 32.2. The molecule has 0 saturated carbocycles. The molecule has 1 heterocycles. The molecule has 1 aromatic heterocycles. The Hall–Kier alpha value is -1.96. The zero-order valence-electron chi connectivity index (χ0n) is 8.98. The van der Waals surface area contributed by atoms with Crippen LogP contribution in [-0.2, 0) is 4.79 Å². The van der Waals surface area contributed by atoms with Crippen LogP contribution in [0.1, 0.15) is 0 Å². The van der Waals surface area contributed by atoms with E-state index in [1.54, 1.807) is 0 Å². The third kappa shape index (κ3) is 3.27. The maximum atomic E-state index is 12.9. The second-order valence-electron chi connectivity index (χ2n) is 3.26. The summed E-state index contributed by atoms with van der Waals surface area (Å²) in [4.78, 5) is 15.3. The van der Waals surface area contributed by atoms with E-state index in [-0.39, 0.29) is 17.3 Å². The SMILES string of the molecule is O=C(CSc1ncn[nH]1)Nc1ccc(F)c(F)c1. The van der Waals surface area contributed by atoms with Gasteiger partial charge in [0.1, 0.15) is 6.33 Å². The number of hydrogen-bond donors (Lipinski definition) is 2. The lowest BCUT2D eigenvalue weighted by Crippen LogP contribution is -2.14. The van der Waals surface area contributed by atoms with Gasteiger partial charge < -0.3 is 5.32 Å². The molecule has 8 heteroatoms. The number of nitrogens with one attached hydrogen (secondary N) is 2. The van der Waals surface area contributed by atoms with Gasteiger partial charge in [-0.25, -0.2) is 13.8 Å². The van der Waals surface area contributed by atoms with Gasteiger partial charge in [-0.05, 0) is 12.1 Å². The summed E-state index contributed by atoms with van der Waals surface area (Å²) in [7, 11) is 0. The van der Waals surface area contributed by atoms with Crippen LogP contribution in [0, 0.1) is 11.6 Å². The molecule has 0 radical (unpaired) electrons. The lowest BCUT2D eigenvalue weighted by Gasteiger charge is -2.04. The average molecular weight is 270 g/mol. The van der Waals surface area contributed by atoms with Crippen LogP contribution >= 0.6 is 11.8 Å². The van der Waals surface area contributed by atoms with E-state index in [4.69, 9.17) is 0 Å². The quantitative estimate of drug-likeness (QED) is 0.831. The number of thioether (sulfide) groups is 1. The molecule has 1 amide bonds. The largest absolute Gasteiger partial charge is 0.325 e. The van der Waals surface area contributed by atoms with Gasteiger partial charge in [-0.15, -0.1) is 0 Å². The maximum Gasteiger partial charge on any atom is 0.234 e.